The Bertz CT molecular complexity index is 1180. The van der Waals surface area contributed by atoms with Gasteiger partial charge in [-0.3, -0.25) is 9.59 Å². The number of amides is 3. The highest BCUT2D eigenvalue weighted by Gasteiger charge is 2.27. The molecule has 0 aliphatic heterocycles. The lowest BCUT2D eigenvalue weighted by Crippen LogP contribution is -2.54. The van der Waals surface area contributed by atoms with Crippen molar-refractivity contribution in [2.45, 2.75) is 44.9 Å². The van der Waals surface area contributed by atoms with Gasteiger partial charge in [-0.15, -0.1) is 0 Å². The fourth-order valence-electron chi connectivity index (χ4n) is 3.92. The van der Waals surface area contributed by atoms with Crippen LogP contribution in [0, 0.1) is 0 Å². The third kappa shape index (κ3) is 8.94. The van der Waals surface area contributed by atoms with Crippen LogP contribution < -0.4 is 26.4 Å². The molecule has 0 radical (unpaired) electrons. The SMILES string of the molecule is CCOc1ccc(C[C@@H](NC(=O)O)C(=O)N[C@@H](Cc2ccccc2)C(=O)NCc2ccc(CN)cc2)cc1. The van der Waals surface area contributed by atoms with Gasteiger partial charge in [0.15, 0.2) is 0 Å². The van der Waals surface area contributed by atoms with E-state index in [0.29, 0.717) is 18.9 Å². The molecule has 3 aromatic rings. The Morgan fingerprint density at radius 1 is 0.763 bits per heavy atom. The predicted molar refractivity (Wildman–Crippen MR) is 145 cm³/mol. The molecule has 200 valence electrons. The largest absolute Gasteiger partial charge is 0.494 e. The van der Waals surface area contributed by atoms with Crippen molar-refractivity contribution in [2.75, 3.05) is 6.61 Å². The molecule has 3 rings (SSSR count). The van der Waals surface area contributed by atoms with Crippen LogP contribution in [-0.2, 0) is 35.5 Å². The van der Waals surface area contributed by atoms with E-state index in [1.54, 1.807) is 24.3 Å². The summed E-state index contributed by atoms with van der Waals surface area (Å²) in [5, 5.41) is 17.3. The molecule has 0 aliphatic carbocycles. The Morgan fingerprint density at radius 3 is 1.89 bits per heavy atom. The molecule has 3 amide bonds. The van der Waals surface area contributed by atoms with Gasteiger partial charge >= 0.3 is 6.09 Å². The molecule has 0 unspecified atom stereocenters. The monoisotopic (exact) mass is 518 g/mol. The van der Waals surface area contributed by atoms with Gasteiger partial charge in [0.05, 0.1) is 6.61 Å². The molecule has 9 nitrogen and oxygen atoms in total. The highest BCUT2D eigenvalue weighted by molar-refractivity contribution is 5.91. The number of carboxylic acid groups (broad SMARTS) is 1. The predicted octanol–water partition coefficient (Wildman–Crippen LogP) is 2.77. The standard InChI is InChI=1S/C29H34N4O5/c1-2-38-24-14-12-21(13-15-24)17-26(33-29(36)37)28(35)32-25(16-20-6-4-3-5-7-20)27(34)31-19-23-10-8-22(18-30)9-11-23/h3-15,25-26,33H,2,16-19,30H2,1H3,(H,31,34)(H,32,35)(H,36,37)/t25-,26+/m0/s1. The minimum Gasteiger partial charge on any atom is -0.494 e. The van der Waals surface area contributed by atoms with Crippen LogP contribution in [0.5, 0.6) is 5.75 Å². The first-order valence-corrected chi connectivity index (χ1v) is 12.5. The van der Waals surface area contributed by atoms with Crippen molar-refractivity contribution < 1.29 is 24.2 Å². The smallest absolute Gasteiger partial charge is 0.405 e. The Kier molecular flexibility index (Phi) is 10.7. The van der Waals surface area contributed by atoms with E-state index in [4.69, 9.17) is 10.5 Å². The van der Waals surface area contributed by atoms with E-state index in [-0.39, 0.29) is 25.3 Å². The van der Waals surface area contributed by atoms with Gasteiger partial charge in [0.1, 0.15) is 17.8 Å². The number of benzene rings is 3. The number of hydrogen-bond donors (Lipinski definition) is 5. The fraction of sp³-hybridized carbons (Fsp3) is 0.276. The molecule has 0 heterocycles. The maximum Gasteiger partial charge on any atom is 0.405 e. The average Bonchev–Trinajstić information content (AvgIpc) is 2.92. The van der Waals surface area contributed by atoms with Crippen LogP contribution in [0.4, 0.5) is 4.79 Å². The Balaban J connectivity index is 1.73. The first-order chi connectivity index (χ1) is 18.4. The van der Waals surface area contributed by atoms with Crippen LogP contribution in [0.15, 0.2) is 78.9 Å². The summed E-state index contributed by atoms with van der Waals surface area (Å²) >= 11 is 0. The number of carbonyl (C=O) groups excluding carboxylic acids is 2. The van der Waals surface area contributed by atoms with E-state index >= 15 is 0 Å². The minimum absolute atomic E-state index is 0.109. The van der Waals surface area contributed by atoms with Gasteiger partial charge in [-0.2, -0.15) is 0 Å². The van der Waals surface area contributed by atoms with Crippen molar-refractivity contribution in [3.05, 3.63) is 101 Å². The van der Waals surface area contributed by atoms with Gasteiger partial charge in [-0.1, -0.05) is 66.7 Å². The summed E-state index contributed by atoms with van der Waals surface area (Å²) in [6.07, 6.45) is -0.980. The fourth-order valence-corrected chi connectivity index (χ4v) is 3.92. The Hall–Kier alpha value is -4.37. The van der Waals surface area contributed by atoms with Crippen LogP contribution >= 0.6 is 0 Å². The quantitative estimate of drug-likeness (QED) is 0.236. The lowest BCUT2D eigenvalue weighted by Gasteiger charge is -2.23. The topological polar surface area (TPSA) is 143 Å². The zero-order valence-corrected chi connectivity index (χ0v) is 21.4. The molecule has 6 N–H and O–H groups in total. The first-order valence-electron chi connectivity index (χ1n) is 12.5. The molecule has 0 saturated heterocycles. The maximum absolute atomic E-state index is 13.2. The highest BCUT2D eigenvalue weighted by atomic mass is 16.5. The molecular weight excluding hydrogens is 484 g/mol. The molecule has 0 spiro atoms. The summed E-state index contributed by atoms with van der Waals surface area (Å²) in [4.78, 5) is 37.9. The van der Waals surface area contributed by atoms with Crippen LogP contribution in [-0.4, -0.2) is 41.7 Å². The summed E-state index contributed by atoms with van der Waals surface area (Å²) in [6, 6.07) is 21.9. The van der Waals surface area contributed by atoms with E-state index in [2.05, 4.69) is 16.0 Å². The summed E-state index contributed by atoms with van der Waals surface area (Å²) < 4.78 is 5.44. The van der Waals surface area contributed by atoms with Crippen molar-refractivity contribution in [3.8, 4) is 5.75 Å². The van der Waals surface area contributed by atoms with E-state index in [1.165, 1.54) is 0 Å². The zero-order valence-electron chi connectivity index (χ0n) is 21.4. The van der Waals surface area contributed by atoms with Crippen LogP contribution in [0.2, 0.25) is 0 Å². The maximum atomic E-state index is 13.2. The Morgan fingerprint density at radius 2 is 1.32 bits per heavy atom. The Labute approximate surface area is 222 Å². The van der Waals surface area contributed by atoms with Crippen LogP contribution in [0.1, 0.15) is 29.2 Å². The third-order valence-electron chi connectivity index (χ3n) is 5.93. The second kappa shape index (κ2) is 14.4. The number of nitrogens with two attached hydrogens (primary N) is 1. The van der Waals surface area contributed by atoms with Crippen molar-refractivity contribution in [2.24, 2.45) is 5.73 Å². The number of rotatable bonds is 13. The van der Waals surface area contributed by atoms with E-state index in [1.807, 2.05) is 61.5 Å². The lowest BCUT2D eigenvalue weighted by atomic mass is 10.0. The molecular formula is C29H34N4O5. The molecule has 2 atom stereocenters. The van der Waals surface area contributed by atoms with E-state index < -0.39 is 24.1 Å². The van der Waals surface area contributed by atoms with Gasteiger partial charge < -0.3 is 31.5 Å². The summed E-state index contributed by atoms with van der Waals surface area (Å²) in [5.74, 6) is -0.286. The molecule has 3 aromatic carbocycles. The van der Waals surface area contributed by atoms with E-state index in [9.17, 15) is 19.5 Å². The first kappa shape index (κ1) is 28.2. The zero-order chi connectivity index (χ0) is 27.3. The van der Waals surface area contributed by atoms with Crippen molar-refractivity contribution in [3.63, 3.8) is 0 Å². The molecule has 0 bridgehead atoms. The summed E-state index contributed by atoms with van der Waals surface area (Å²) in [7, 11) is 0. The minimum atomic E-state index is -1.33. The molecule has 0 aliphatic rings. The van der Waals surface area contributed by atoms with Gasteiger partial charge in [0.2, 0.25) is 11.8 Å². The molecule has 0 fully saturated rings. The summed E-state index contributed by atoms with van der Waals surface area (Å²) in [6.45, 7) is 3.10. The molecule has 0 saturated carbocycles. The van der Waals surface area contributed by atoms with E-state index in [0.717, 1.165) is 22.3 Å². The van der Waals surface area contributed by atoms with Crippen molar-refractivity contribution in [1.29, 1.82) is 0 Å². The third-order valence-corrected chi connectivity index (χ3v) is 5.93. The van der Waals surface area contributed by atoms with Crippen molar-refractivity contribution >= 4 is 17.9 Å². The van der Waals surface area contributed by atoms with Gasteiger partial charge in [0, 0.05) is 25.9 Å². The second-order valence-electron chi connectivity index (χ2n) is 8.77. The second-order valence-corrected chi connectivity index (χ2v) is 8.77. The molecule has 9 heteroatoms. The van der Waals surface area contributed by atoms with Crippen LogP contribution in [0.3, 0.4) is 0 Å². The highest BCUT2D eigenvalue weighted by Crippen LogP contribution is 2.14. The summed E-state index contributed by atoms with van der Waals surface area (Å²) in [5.41, 5.74) is 9.12. The molecule has 38 heavy (non-hydrogen) atoms. The van der Waals surface area contributed by atoms with Gasteiger partial charge in [-0.25, -0.2) is 4.79 Å². The van der Waals surface area contributed by atoms with Crippen LogP contribution in [0.25, 0.3) is 0 Å². The lowest BCUT2D eigenvalue weighted by molar-refractivity contribution is -0.130. The average molecular weight is 519 g/mol. The number of nitrogens with one attached hydrogen (secondary N) is 3. The van der Waals surface area contributed by atoms with Crippen molar-refractivity contribution in [1.82, 2.24) is 16.0 Å². The normalized spacial score (nSPS) is 12.2. The number of carbonyl (C=O) groups is 3. The molecule has 0 aromatic heterocycles. The van der Waals surface area contributed by atoms with Gasteiger partial charge in [0.25, 0.3) is 0 Å². The number of ether oxygens (including phenoxy) is 1. The van der Waals surface area contributed by atoms with Gasteiger partial charge in [-0.05, 0) is 41.3 Å². The number of hydrogen-bond acceptors (Lipinski definition) is 5.